The van der Waals surface area contributed by atoms with Gasteiger partial charge in [-0.1, -0.05) is 11.6 Å². The summed E-state index contributed by atoms with van der Waals surface area (Å²) in [5.41, 5.74) is 8.20. The minimum atomic E-state index is -2.67. The Kier molecular flexibility index (Phi) is 12.7. The van der Waals surface area contributed by atoms with Crippen LogP contribution in [0.3, 0.4) is 0 Å². The molecule has 4 aromatic heterocycles. The fraction of sp³-hybridized carbons (Fsp3) is 0.462. The topological polar surface area (TPSA) is 168 Å². The van der Waals surface area contributed by atoms with Crippen LogP contribution in [0.4, 0.5) is 26.1 Å². The summed E-state index contributed by atoms with van der Waals surface area (Å²) in [6, 6.07) is 14.7. The van der Waals surface area contributed by atoms with Gasteiger partial charge in [-0.15, -0.1) is 10.2 Å². The minimum Gasteiger partial charge on any atom is -0.490 e. The number of fused-ring (bicyclic) bond motifs is 3. The van der Waals surface area contributed by atoms with Crippen molar-refractivity contribution in [3.8, 4) is 22.9 Å². The Morgan fingerprint density at radius 2 is 1.70 bits per heavy atom. The molecule has 1 unspecified atom stereocenters. The standard InChI is InChI=1S/C52H56ClF2N13O3/c1-31(69)65-21-17-47-43(30-65)51(66-18-3-4-32-23-41(35-28-57-63(2)29-35)42(50(54)55)25-48(32)66)62-68(47)38-8-13-46-34(22-38)27-58-67(46)37-15-19-64(20-16-37)49-14-12-45(60-61-49)52(70)59-36-6-10-39(11-7-36)71-40-9-5-33(26-56)44(53)24-40/h5,9,12,14,23-25,27-29,36-39,50H,3-4,6-8,10-11,13,15-22,30H2,1-2H3,(H,59,70). The van der Waals surface area contributed by atoms with E-state index in [1.807, 2.05) is 23.2 Å². The van der Waals surface area contributed by atoms with Gasteiger partial charge in [0.1, 0.15) is 11.8 Å². The van der Waals surface area contributed by atoms with E-state index in [1.54, 1.807) is 61.4 Å². The zero-order valence-electron chi connectivity index (χ0n) is 39.9. The lowest BCUT2D eigenvalue weighted by molar-refractivity contribution is -0.129. The number of anilines is 3. The van der Waals surface area contributed by atoms with Crippen molar-refractivity contribution in [3.63, 3.8) is 0 Å². The highest BCUT2D eigenvalue weighted by Crippen LogP contribution is 2.44. The van der Waals surface area contributed by atoms with Crippen molar-refractivity contribution in [1.29, 1.82) is 5.26 Å². The minimum absolute atomic E-state index is 0.00699. The first-order chi connectivity index (χ1) is 34.5. The molecule has 7 heterocycles. The molecule has 19 heteroatoms. The van der Waals surface area contributed by atoms with Crippen molar-refractivity contribution < 1.29 is 23.1 Å². The fourth-order valence-electron chi connectivity index (χ4n) is 11.5. The second kappa shape index (κ2) is 19.4. The number of piperidine rings is 1. The van der Waals surface area contributed by atoms with Crippen LogP contribution in [-0.4, -0.2) is 94.6 Å². The monoisotopic (exact) mass is 983 g/mol. The highest BCUT2D eigenvalue weighted by atomic mass is 35.5. The summed E-state index contributed by atoms with van der Waals surface area (Å²) < 4.78 is 41.8. The van der Waals surface area contributed by atoms with Gasteiger partial charge in [-0.05, 0) is 124 Å². The number of halogens is 3. The number of rotatable bonds is 10. The van der Waals surface area contributed by atoms with E-state index in [2.05, 4.69) is 45.8 Å². The molecule has 1 saturated carbocycles. The number of benzene rings is 2. The summed E-state index contributed by atoms with van der Waals surface area (Å²) in [6.07, 6.45) is 12.4. The number of nitrogens with one attached hydrogen (secondary N) is 1. The Morgan fingerprint density at radius 1 is 0.873 bits per heavy atom. The van der Waals surface area contributed by atoms with E-state index in [0.29, 0.717) is 53.5 Å². The Labute approximate surface area is 415 Å². The summed E-state index contributed by atoms with van der Waals surface area (Å²) in [4.78, 5) is 32.2. The number of aryl methyl sites for hydroxylation is 2. The molecule has 5 aliphatic rings. The molecule has 1 saturated heterocycles. The van der Waals surface area contributed by atoms with E-state index in [1.165, 1.54) is 11.3 Å². The molecule has 0 spiro atoms. The van der Waals surface area contributed by atoms with E-state index in [4.69, 9.17) is 31.8 Å². The molecule has 6 aromatic rings. The first kappa shape index (κ1) is 46.5. The molecule has 71 heavy (non-hydrogen) atoms. The molecule has 0 bridgehead atoms. The second-order valence-electron chi connectivity index (χ2n) is 19.7. The average molecular weight is 985 g/mol. The van der Waals surface area contributed by atoms with Crippen molar-refractivity contribution in [2.24, 2.45) is 7.05 Å². The van der Waals surface area contributed by atoms with E-state index < -0.39 is 6.43 Å². The van der Waals surface area contributed by atoms with Gasteiger partial charge in [0.15, 0.2) is 17.3 Å². The fourth-order valence-corrected chi connectivity index (χ4v) is 11.7. The van der Waals surface area contributed by atoms with Crippen molar-refractivity contribution >= 4 is 40.7 Å². The molecule has 1 N–H and O–H groups in total. The number of nitriles is 1. The molecule has 11 rings (SSSR count). The van der Waals surface area contributed by atoms with Gasteiger partial charge in [0.25, 0.3) is 12.3 Å². The summed E-state index contributed by atoms with van der Waals surface area (Å²) >= 11 is 6.18. The van der Waals surface area contributed by atoms with Crippen LogP contribution < -0.4 is 19.9 Å². The van der Waals surface area contributed by atoms with Gasteiger partial charge >= 0.3 is 0 Å². The third-order valence-corrected chi connectivity index (χ3v) is 15.6. The lowest BCUT2D eigenvalue weighted by Crippen LogP contribution is -2.40. The smallest absolute Gasteiger partial charge is 0.272 e. The molecular weight excluding hydrogens is 928 g/mol. The lowest BCUT2D eigenvalue weighted by Gasteiger charge is -2.34. The molecule has 368 valence electrons. The molecular formula is C52H56ClF2N13O3. The predicted octanol–water partition coefficient (Wildman–Crippen LogP) is 8.41. The number of alkyl halides is 2. The molecule has 0 radical (unpaired) electrons. The molecule has 2 aliphatic carbocycles. The van der Waals surface area contributed by atoms with Gasteiger partial charge in [-0.25, -0.2) is 8.78 Å². The van der Waals surface area contributed by atoms with Crippen LogP contribution in [0, 0.1) is 11.3 Å². The van der Waals surface area contributed by atoms with Crippen LogP contribution in [0.2, 0.25) is 5.02 Å². The number of carbonyl (C=O) groups is 2. The number of hydrogen-bond acceptors (Lipinski definition) is 11. The number of ether oxygens (including phenoxy) is 1. The van der Waals surface area contributed by atoms with Gasteiger partial charge in [-0.3, -0.25) is 23.6 Å². The maximum atomic E-state index is 14.8. The van der Waals surface area contributed by atoms with Crippen molar-refractivity contribution in [2.75, 3.05) is 36.0 Å². The largest absolute Gasteiger partial charge is 0.490 e. The second-order valence-corrected chi connectivity index (χ2v) is 20.1. The van der Waals surface area contributed by atoms with Crippen LogP contribution in [0.15, 0.2) is 61.1 Å². The van der Waals surface area contributed by atoms with Gasteiger partial charge in [0.2, 0.25) is 5.91 Å². The quantitative estimate of drug-likeness (QED) is 0.140. The zero-order chi connectivity index (χ0) is 48.9. The van der Waals surface area contributed by atoms with Crippen LogP contribution in [0.25, 0.3) is 11.1 Å². The van der Waals surface area contributed by atoms with E-state index in [9.17, 15) is 18.4 Å². The van der Waals surface area contributed by atoms with Gasteiger partial charge in [0.05, 0.1) is 47.7 Å². The van der Waals surface area contributed by atoms with Gasteiger partial charge in [0, 0.05) is 98.6 Å². The summed E-state index contributed by atoms with van der Waals surface area (Å²) in [5, 5.41) is 36.1. The Bertz CT molecular complexity index is 3020. The highest BCUT2D eigenvalue weighted by Gasteiger charge is 2.36. The lowest BCUT2D eigenvalue weighted by atomic mass is 9.92. The summed E-state index contributed by atoms with van der Waals surface area (Å²) in [7, 11) is 1.78. The highest BCUT2D eigenvalue weighted by molar-refractivity contribution is 6.31. The first-order valence-electron chi connectivity index (χ1n) is 24.9. The number of aromatic nitrogens is 8. The zero-order valence-corrected chi connectivity index (χ0v) is 40.7. The van der Waals surface area contributed by atoms with Gasteiger partial charge in [-0.2, -0.15) is 20.6 Å². The molecule has 1 atom stereocenters. The van der Waals surface area contributed by atoms with Crippen LogP contribution in [-0.2, 0) is 44.1 Å². The number of hydrogen-bond donors (Lipinski definition) is 1. The van der Waals surface area contributed by atoms with Crippen molar-refractivity contribution in [3.05, 3.63) is 111 Å². The number of amides is 2. The molecule has 2 amide bonds. The van der Waals surface area contributed by atoms with Gasteiger partial charge < -0.3 is 24.8 Å². The predicted molar refractivity (Wildman–Crippen MR) is 262 cm³/mol. The Morgan fingerprint density at radius 3 is 2.42 bits per heavy atom. The van der Waals surface area contributed by atoms with Crippen molar-refractivity contribution in [2.45, 2.75) is 121 Å². The molecule has 3 aliphatic heterocycles. The van der Waals surface area contributed by atoms with Crippen LogP contribution in [0.5, 0.6) is 5.75 Å². The Hall–Kier alpha value is -6.87. The normalized spacial score (nSPS) is 20.3. The number of nitrogens with zero attached hydrogens (tertiary/aromatic N) is 12. The third kappa shape index (κ3) is 9.20. The Balaban J connectivity index is 0.730. The average Bonchev–Trinajstić information content (AvgIpc) is 4.13. The first-order valence-corrected chi connectivity index (χ1v) is 25.2. The number of carbonyl (C=O) groups excluding carboxylic acids is 2. The van der Waals surface area contributed by atoms with Crippen LogP contribution >= 0.6 is 11.6 Å². The van der Waals surface area contributed by atoms with E-state index in [0.717, 1.165) is 118 Å². The van der Waals surface area contributed by atoms with Crippen molar-refractivity contribution in [1.82, 2.24) is 49.8 Å². The molecule has 2 aromatic carbocycles. The van der Waals surface area contributed by atoms with E-state index in [-0.39, 0.29) is 47.3 Å². The molecule has 16 nitrogen and oxygen atoms in total. The summed E-state index contributed by atoms with van der Waals surface area (Å²) in [6.45, 7) is 4.84. The van der Waals surface area contributed by atoms with Crippen LogP contribution in [0.1, 0.15) is 126 Å². The third-order valence-electron chi connectivity index (χ3n) is 15.3. The molecule has 2 fully saturated rings. The maximum absolute atomic E-state index is 14.8. The van der Waals surface area contributed by atoms with E-state index >= 15 is 0 Å². The summed E-state index contributed by atoms with van der Waals surface area (Å²) in [5.74, 6) is 1.91. The maximum Gasteiger partial charge on any atom is 0.272 e. The SMILES string of the molecule is CC(=O)N1CCc2c(c(N3CCCc4cc(-c5cnn(C)c5)c(C(F)F)cc43)nn2C2CCc3c(cnn3C3CCN(c4ccc(C(=O)NC5CCC(Oc6ccc(C#N)c(Cl)c6)CC5)nn4)CC3)C2)C1.